The lowest BCUT2D eigenvalue weighted by atomic mass is 10.1. The average Bonchev–Trinajstić information content (AvgIpc) is 3.11. The summed E-state index contributed by atoms with van der Waals surface area (Å²) in [6.07, 6.45) is 1.86. The number of aromatic nitrogens is 3. The van der Waals surface area contributed by atoms with Crippen LogP contribution in [0, 0.1) is 5.92 Å². The molecule has 0 bridgehead atoms. The molecule has 4 aromatic rings. The molecule has 2 aromatic carbocycles. The van der Waals surface area contributed by atoms with Gasteiger partial charge in [0.05, 0.1) is 11.9 Å². The number of nitrogens with one attached hydrogen (secondary N) is 1. The number of fused-ring (bicyclic) bond motifs is 1. The van der Waals surface area contributed by atoms with E-state index in [1.807, 2.05) is 53.2 Å². The molecule has 4 rings (SSSR count). The lowest BCUT2D eigenvalue weighted by molar-refractivity contribution is 0.684. The molecule has 5 heteroatoms. The van der Waals surface area contributed by atoms with Crippen molar-refractivity contribution in [2.75, 3.05) is 11.9 Å². The van der Waals surface area contributed by atoms with E-state index in [0.717, 1.165) is 40.4 Å². The number of nitrogens with zero attached hydrogens (tertiary/aromatic N) is 3. The minimum absolute atomic E-state index is 0.527. The Morgan fingerprint density at radius 3 is 2.44 bits per heavy atom. The summed E-state index contributed by atoms with van der Waals surface area (Å²) in [5, 5.41) is 8.81. The van der Waals surface area contributed by atoms with Crippen molar-refractivity contribution in [1.82, 2.24) is 14.6 Å². The third kappa shape index (κ3) is 3.67. The molecule has 1 N–H and O–H groups in total. The van der Waals surface area contributed by atoms with Gasteiger partial charge < -0.3 is 5.32 Å². The zero-order valence-corrected chi connectivity index (χ0v) is 16.1. The van der Waals surface area contributed by atoms with E-state index in [-0.39, 0.29) is 0 Å². The van der Waals surface area contributed by atoms with E-state index in [0.29, 0.717) is 10.9 Å². The van der Waals surface area contributed by atoms with E-state index in [2.05, 4.69) is 42.5 Å². The van der Waals surface area contributed by atoms with Crippen molar-refractivity contribution in [3.8, 4) is 22.4 Å². The van der Waals surface area contributed by atoms with Crippen molar-refractivity contribution in [3.63, 3.8) is 0 Å². The molecule has 0 saturated carbocycles. The van der Waals surface area contributed by atoms with Crippen molar-refractivity contribution in [1.29, 1.82) is 0 Å². The molecule has 0 radical (unpaired) electrons. The average molecular weight is 377 g/mol. The molecule has 0 fully saturated rings. The van der Waals surface area contributed by atoms with Crippen LogP contribution in [-0.2, 0) is 0 Å². The van der Waals surface area contributed by atoms with Gasteiger partial charge in [0.1, 0.15) is 5.82 Å². The summed E-state index contributed by atoms with van der Waals surface area (Å²) in [4.78, 5) is 4.92. The Morgan fingerprint density at radius 2 is 1.74 bits per heavy atom. The summed E-state index contributed by atoms with van der Waals surface area (Å²) >= 11 is 6.05. The highest BCUT2D eigenvalue weighted by Crippen LogP contribution is 2.29. The molecule has 0 atom stereocenters. The zero-order chi connectivity index (χ0) is 18.8. The summed E-state index contributed by atoms with van der Waals surface area (Å²) in [6, 6.07) is 20.0. The number of anilines is 1. The van der Waals surface area contributed by atoms with Crippen molar-refractivity contribution in [2.24, 2.45) is 5.92 Å². The van der Waals surface area contributed by atoms with Crippen molar-refractivity contribution < 1.29 is 0 Å². The van der Waals surface area contributed by atoms with Crippen LogP contribution in [0.1, 0.15) is 13.8 Å². The Hall–Kier alpha value is -2.85. The van der Waals surface area contributed by atoms with Gasteiger partial charge in [-0.05, 0) is 23.6 Å². The summed E-state index contributed by atoms with van der Waals surface area (Å²) in [6.45, 7) is 5.24. The van der Waals surface area contributed by atoms with Gasteiger partial charge in [0, 0.05) is 28.8 Å². The molecule has 0 aliphatic heterocycles. The number of halogens is 1. The predicted octanol–water partition coefficient (Wildman–Crippen LogP) is 5.78. The fourth-order valence-corrected chi connectivity index (χ4v) is 3.11. The van der Waals surface area contributed by atoms with E-state index in [9.17, 15) is 0 Å². The highest BCUT2D eigenvalue weighted by molar-refractivity contribution is 6.30. The van der Waals surface area contributed by atoms with Crippen LogP contribution in [-0.4, -0.2) is 21.1 Å². The maximum atomic E-state index is 6.05. The van der Waals surface area contributed by atoms with Gasteiger partial charge in [0.2, 0.25) is 0 Å². The van der Waals surface area contributed by atoms with Gasteiger partial charge in [-0.2, -0.15) is 9.61 Å². The van der Waals surface area contributed by atoms with Crippen LogP contribution in [0.3, 0.4) is 0 Å². The molecule has 0 spiro atoms. The molecular weight excluding hydrogens is 356 g/mol. The SMILES string of the molecule is CC(C)CNc1cc(-c2ccccc2)nc2c(-c3ccc(Cl)cc3)cnn12. The third-order valence-corrected chi connectivity index (χ3v) is 4.64. The second-order valence-corrected chi connectivity index (χ2v) is 7.40. The Kier molecular flexibility index (Phi) is 4.82. The Balaban J connectivity index is 1.89. The van der Waals surface area contributed by atoms with Crippen molar-refractivity contribution in [3.05, 3.63) is 71.9 Å². The lowest BCUT2D eigenvalue weighted by Gasteiger charge is -2.13. The van der Waals surface area contributed by atoms with Crippen LogP contribution in [0.25, 0.3) is 28.0 Å². The Bertz CT molecular complexity index is 1050. The van der Waals surface area contributed by atoms with Crippen LogP contribution in [0.15, 0.2) is 66.9 Å². The lowest BCUT2D eigenvalue weighted by Crippen LogP contribution is -2.12. The Labute approximate surface area is 163 Å². The first-order valence-electron chi connectivity index (χ1n) is 9.06. The molecule has 4 nitrogen and oxygen atoms in total. The monoisotopic (exact) mass is 376 g/mol. The second kappa shape index (κ2) is 7.41. The van der Waals surface area contributed by atoms with E-state index in [1.165, 1.54) is 0 Å². The van der Waals surface area contributed by atoms with Crippen molar-refractivity contribution in [2.45, 2.75) is 13.8 Å². The standard InChI is InChI=1S/C22H21ClN4/c1-15(2)13-24-21-12-20(17-6-4-3-5-7-17)26-22-19(14-25-27(21)22)16-8-10-18(23)11-9-16/h3-12,14-15,24H,13H2,1-2H3. The van der Waals surface area contributed by atoms with Crippen LogP contribution in [0.2, 0.25) is 5.02 Å². The molecule has 2 aromatic heterocycles. The molecule has 0 unspecified atom stereocenters. The molecule has 136 valence electrons. The second-order valence-electron chi connectivity index (χ2n) is 6.97. The van der Waals surface area contributed by atoms with Crippen LogP contribution in [0.5, 0.6) is 0 Å². The molecule has 27 heavy (non-hydrogen) atoms. The normalized spacial score (nSPS) is 11.3. The van der Waals surface area contributed by atoms with Gasteiger partial charge in [-0.25, -0.2) is 4.98 Å². The van der Waals surface area contributed by atoms with Crippen LogP contribution < -0.4 is 5.32 Å². The first-order valence-corrected chi connectivity index (χ1v) is 9.43. The zero-order valence-electron chi connectivity index (χ0n) is 15.4. The number of hydrogen-bond donors (Lipinski definition) is 1. The number of benzene rings is 2. The van der Waals surface area contributed by atoms with Gasteiger partial charge in [-0.1, -0.05) is 67.9 Å². The summed E-state index contributed by atoms with van der Waals surface area (Å²) in [5.74, 6) is 1.47. The van der Waals surface area contributed by atoms with E-state index in [4.69, 9.17) is 16.6 Å². The highest BCUT2D eigenvalue weighted by atomic mass is 35.5. The van der Waals surface area contributed by atoms with Crippen molar-refractivity contribution >= 4 is 23.1 Å². The van der Waals surface area contributed by atoms with Gasteiger partial charge in [0.15, 0.2) is 5.65 Å². The van der Waals surface area contributed by atoms with Gasteiger partial charge >= 0.3 is 0 Å². The first kappa shape index (κ1) is 17.6. The fourth-order valence-electron chi connectivity index (χ4n) is 2.99. The molecule has 0 aliphatic rings. The molecule has 0 saturated heterocycles. The molecule has 0 amide bonds. The topological polar surface area (TPSA) is 42.2 Å². The van der Waals surface area contributed by atoms with Gasteiger partial charge in [0.25, 0.3) is 0 Å². The van der Waals surface area contributed by atoms with Crippen LogP contribution >= 0.6 is 11.6 Å². The highest BCUT2D eigenvalue weighted by Gasteiger charge is 2.14. The summed E-state index contributed by atoms with van der Waals surface area (Å²) < 4.78 is 1.87. The van der Waals surface area contributed by atoms with Gasteiger partial charge in [-0.3, -0.25) is 0 Å². The summed E-state index contributed by atoms with van der Waals surface area (Å²) in [7, 11) is 0. The molecular formula is C22H21ClN4. The maximum absolute atomic E-state index is 6.05. The first-order chi connectivity index (χ1) is 13.1. The number of rotatable bonds is 5. The summed E-state index contributed by atoms with van der Waals surface area (Å²) in [5.41, 5.74) is 4.85. The smallest absolute Gasteiger partial charge is 0.165 e. The van der Waals surface area contributed by atoms with Gasteiger partial charge in [-0.15, -0.1) is 0 Å². The molecule has 0 aliphatic carbocycles. The Morgan fingerprint density at radius 1 is 1.00 bits per heavy atom. The minimum atomic E-state index is 0.527. The predicted molar refractivity (Wildman–Crippen MR) is 112 cm³/mol. The van der Waals surface area contributed by atoms with E-state index < -0.39 is 0 Å². The van der Waals surface area contributed by atoms with E-state index in [1.54, 1.807) is 0 Å². The fraction of sp³-hybridized carbons (Fsp3) is 0.182. The minimum Gasteiger partial charge on any atom is -0.370 e. The molecule has 2 heterocycles. The van der Waals surface area contributed by atoms with Crippen LogP contribution in [0.4, 0.5) is 5.82 Å². The number of hydrogen-bond acceptors (Lipinski definition) is 3. The largest absolute Gasteiger partial charge is 0.370 e. The maximum Gasteiger partial charge on any atom is 0.165 e. The third-order valence-electron chi connectivity index (χ3n) is 4.39. The quantitative estimate of drug-likeness (QED) is 0.479. The van der Waals surface area contributed by atoms with E-state index >= 15 is 0 Å².